The van der Waals surface area contributed by atoms with E-state index in [-0.39, 0.29) is 5.75 Å². The van der Waals surface area contributed by atoms with Crippen molar-refractivity contribution in [3.05, 3.63) is 46.4 Å². The van der Waals surface area contributed by atoms with Gasteiger partial charge in [-0.25, -0.2) is 18.1 Å². The molecule has 0 spiro atoms. The predicted molar refractivity (Wildman–Crippen MR) is 77.3 cm³/mol. The smallest absolute Gasteiger partial charge is 0.215 e. The van der Waals surface area contributed by atoms with Gasteiger partial charge in [0.25, 0.3) is 0 Å². The number of nitrogens with one attached hydrogen (secondary N) is 1. The molecule has 1 aromatic heterocycles. The van der Waals surface area contributed by atoms with E-state index in [1.54, 1.807) is 29.8 Å². The molecule has 7 heteroatoms. The molecule has 2 rings (SSSR count). The SMILES string of the molecule is Nc1ccccc1CS(=O)(=O)NCCc1cscn1. The van der Waals surface area contributed by atoms with E-state index in [0.717, 1.165) is 5.69 Å². The molecule has 0 aliphatic rings. The Morgan fingerprint density at radius 3 is 2.79 bits per heavy atom. The summed E-state index contributed by atoms with van der Waals surface area (Å²) in [6, 6.07) is 6.97. The van der Waals surface area contributed by atoms with Gasteiger partial charge in [-0.2, -0.15) is 0 Å². The molecule has 5 nitrogen and oxygen atoms in total. The summed E-state index contributed by atoms with van der Waals surface area (Å²) in [5.41, 5.74) is 9.47. The lowest BCUT2D eigenvalue weighted by Gasteiger charge is -2.08. The minimum Gasteiger partial charge on any atom is -0.398 e. The van der Waals surface area contributed by atoms with Crippen LogP contribution in [0.3, 0.4) is 0 Å². The summed E-state index contributed by atoms with van der Waals surface area (Å²) < 4.78 is 26.3. The highest BCUT2D eigenvalue weighted by Gasteiger charge is 2.12. The van der Waals surface area contributed by atoms with Crippen molar-refractivity contribution >= 4 is 27.0 Å². The number of nitrogens with two attached hydrogens (primary N) is 1. The molecule has 0 aliphatic carbocycles. The molecule has 0 saturated heterocycles. The zero-order valence-corrected chi connectivity index (χ0v) is 11.9. The number of hydrogen-bond donors (Lipinski definition) is 2. The van der Waals surface area contributed by atoms with Crippen LogP contribution in [-0.2, 0) is 22.2 Å². The van der Waals surface area contributed by atoms with Gasteiger partial charge in [0.05, 0.1) is 17.0 Å². The van der Waals surface area contributed by atoms with Crippen molar-refractivity contribution in [2.24, 2.45) is 0 Å². The number of para-hydroxylation sites is 1. The molecule has 19 heavy (non-hydrogen) atoms. The second-order valence-electron chi connectivity index (χ2n) is 4.08. The number of sulfonamides is 1. The molecule has 0 saturated carbocycles. The van der Waals surface area contributed by atoms with E-state index in [1.165, 1.54) is 11.3 Å². The van der Waals surface area contributed by atoms with Crippen molar-refractivity contribution in [1.29, 1.82) is 0 Å². The Kier molecular flexibility index (Phi) is 4.52. The van der Waals surface area contributed by atoms with Crippen molar-refractivity contribution in [2.45, 2.75) is 12.2 Å². The Balaban J connectivity index is 1.90. The lowest BCUT2D eigenvalue weighted by molar-refractivity contribution is 0.580. The van der Waals surface area contributed by atoms with Crippen LogP contribution >= 0.6 is 11.3 Å². The first-order valence-corrected chi connectivity index (χ1v) is 8.34. The first-order chi connectivity index (χ1) is 9.07. The summed E-state index contributed by atoms with van der Waals surface area (Å²) in [7, 11) is -3.36. The maximum absolute atomic E-state index is 11.9. The third-order valence-electron chi connectivity index (χ3n) is 2.59. The molecule has 0 bridgehead atoms. The van der Waals surface area contributed by atoms with Crippen LogP contribution in [0.2, 0.25) is 0 Å². The monoisotopic (exact) mass is 297 g/mol. The molecule has 0 atom stereocenters. The highest BCUT2D eigenvalue weighted by atomic mass is 32.2. The summed E-state index contributed by atoms with van der Waals surface area (Å²) in [6.07, 6.45) is 0.590. The lowest BCUT2D eigenvalue weighted by atomic mass is 10.2. The third-order valence-corrected chi connectivity index (χ3v) is 4.56. The van der Waals surface area contributed by atoms with E-state index in [9.17, 15) is 8.42 Å². The summed E-state index contributed by atoms with van der Waals surface area (Å²) in [5, 5.41) is 1.91. The van der Waals surface area contributed by atoms with E-state index >= 15 is 0 Å². The highest BCUT2D eigenvalue weighted by molar-refractivity contribution is 7.88. The molecule has 0 amide bonds. The van der Waals surface area contributed by atoms with Gasteiger partial charge in [0, 0.05) is 24.0 Å². The topological polar surface area (TPSA) is 85.1 Å². The number of aromatic nitrogens is 1. The number of rotatable bonds is 6. The Labute approximate surface area is 116 Å². The third kappa shape index (κ3) is 4.30. The molecule has 3 N–H and O–H groups in total. The van der Waals surface area contributed by atoms with Gasteiger partial charge >= 0.3 is 0 Å². The number of hydrogen-bond acceptors (Lipinski definition) is 5. The highest BCUT2D eigenvalue weighted by Crippen LogP contribution is 2.13. The second-order valence-corrected chi connectivity index (χ2v) is 6.61. The summed E-state index contributed by atoms with van der Waals surface area (Å²) >= 11 is 1.50. The van der Waals surface area contributed by atoms with Gasteiger partial charge in [-0.15, -0.1) is 11.3 Å². The van der Waals surface area contributed by atoms with Gasteiger partial charge in [0.15, 0.2) is 0 Å². The zero-order chi connectivity index (χ0) is 13.7. The van der Waals surface area contributed by atoms with Crippen molar-refractivity contribution < 1.29 is 8.42 Å². The van der Waals surface area contributed by atoms with Crippen LogP contribution in [-0.4, -0.2) is 19.9 Å². The molecule has 0 aliphatic heterocycles. The van der Waals surface area contributed by atoms with E-state index < -0.39 is 10.0 Å². The fourth-order valence-electron chi connectivity index (χ4n) is 1.62. The zero-order valence-electron chi connectivity index (χ0n) is 10.2. The summed E-state index contributed by atoms with van der Waals surface area (Å²) in [6.45, 7) is 0.346. The molecule has 0 fully saturated rings. The van der Waals surface area contributed by atoms with Gasteiger partial charge in [0.1, 0.15) is 0 Å². The van der Waals surface area contributed by atoms with E-state index in [4.69, 9.17) is 5.73 Å². The van der Waals surface area contributed by atoms with Crippen molar-refractivity contribution in [2.75, 3.05) is 12.3 Å². The first kappa shape index (κ1) is 14.0. The normalized spacial score (nSPS) is 11.6. The average Bonchev–Trinajstić information content (AvgIpc) is 2.85. The maximum atomic E-state index is 11.9. The second kappa shape index (κ2) is 6.14. The Morgan fingerprint density at radius 2 is 2.11 bits per heavy atom. The number of anilines is 1. The molecule has 2 aromatic rings. The van der Waals surface area contributed by atoms with Gasteiger partial charge in [-0.3, -0.25) is 0 Å². The number of thiazole rings is 1. The van der Waals surface area contributed by atoms with Gasteiger partial charge in [-0.05, 0) is 11.6 Å². The van der Waals surface area contributed by atoms with Crippen LogP contribution in [0.5, 0.6) is 0 Å². The van der Waals surface area contributed by atoms with Crippen LogP contribution in [0, 0.1) is 0 Å². The van der Waals surface area contributed by atoms with Crippen LogP contribution in [0.1, 0.15) is 11.3 Å². The van der Waals surface area contributed by atoms with E-state index in [0.29, 0.717) is 24.2 Å². The summed E-state index contributed by atoms with van der Waals surface area (Å²) in [4.78, 5) is 4.10. The average molecular weight is 297 g/mol. The molecule has 0 unspecified atom stereocenters. The van der Waals surface area contributed by atoms with Crippen molar-refractivity contribution in [1.82, 2.24) is 9.71 Å². The molecule has 0 radical (unpaired) electrons. The molecule has 1 aromatic carbocycles. The van der Waals surface area contributed by atoms with Crippen LogP contribution in [0.4, 0.5) is 5.69 Å². The molecule has 102 valence electrons. The Hall–Kier alpha value is -1.44. The molecule has 1 heterocycles. The van der Waals surface area contributed by atoms with Crippen LogP contribution in [0.25, 0.3) is 0 Å². The standard InChI is InChI=1S/C12H15N3O2S2/c13-12-4-2-1-3-10(12)8-19(16,17)15-6-5-11-7-18-9-14-11/h1-4,7,9,15H,5-6,8,13H2. The fourth-order valence-corrected chi connectivity index (χ4v) is 3.40. The van der Waals surface area contributed by atoms with Crippen molar-refractivity contribution in [3.8, 4) is 0 Å². The molecular weight excluding hydrogens is 282 g/mol. The number of benzene rings is 1. The fraction of sp³-hybridized carbons (Fsp3) is 0.250. The lowest BCUT2D eigenvalue weighted by Crippen LogP contribution is -2.27. The van der Waals surface area contributed by atoms with E-state index in [1.807, 2.05) is 5.38 Å². The quantitative estimate of drug-likeness (QED) is 0.789. The van der Waals surface area contributed by atoms with Gasteiger partial charge in [0.2, 0.25) is 10.0 Å². The number of nitrogen functional groups attached to an aromatic ring is 1. The Morgan fingerprint density at radius 1 is 1.32 bits per heavy atom. The summed E-state index contributed by atoms with van der Waals surface area (Å²) in [5.74, 6) is -0.100. The number of nitrogens with zero attached hydrogens (tertiary/aromatic N) is 1. The largest absolute Gasteiger partial charge is 0.398 e. The van der Waals surface area contributed by atoms with Gasteiger partial charge < -0.3 is 5.73 Å². The minimum absolute atomic E-state index is 0.100. The van der Waals surface area contributed by atoms with Crippen LogP contribution < -0.4 is 10.5 Å². The maximum Gasteiger partial charge on any atom is 0.215 e. The Bertz CT molecular complexity index is 624. The van der Waals surface area contributed by atoms with E-state index in [2.05, 4.69) is 9.71 Å². The first-order valence-electron chi connectivity index (χ1n) is 5.74. The predicted octanol–water partition coefficient (Wildman–Crippen LogP) is 1.39. The molecular formula is C12H15N3O2S2. The van der Waals surface area contributed by atoms with Crippen LogP contribution in [0.15, 0.2) is 35.2 Å². The van der Waals surface area contributed by atoms with Gasteiger partial charge in [-0.1, -0.05) is 18.2 Å². The minimum atomic E-state index is -3.36. The van der Waals surface area contributed by atoms with Crippen molar-refractivity contribution in [3.63, 3.8) is 0 Å².